The van der Waals surface area contributed by atoms with Crippen LogP contribution in [0, 0.1) is 6.92 Å². The molecule has 0 radical (unpaired) electrons. The van der Waals surface area contributed by atoms with Gasteiger partial charge in [0.05, 0.1) is 11.4 Å². The molecule has 1 fully saturated rings. The first-order valence-corrected chi connectivity index (χ1v) is 7.63. The molecule has 1 aromatic carbocycles. The number of benzene rings is 1. The quantitative estimate of drug-likeness (QED) is 0.827. The maximum atomic E-state index is 11.9. The van der Waals surface area contributed by atoms with E-state index in [0.29, 0.717) is 5.92 Å². The second-order valence-electron chi connectivity index (χ2n) is 4.69. The number of hydrogen-bond acceptors (Lipinski definition) is 2. The van der Waals surface area contributed by atoms with Gasteiger partial charge in [0.1, 0.15) is 0 Å². The third-order valence-corrected chi connectivity index (χ3v) is 5.16. The molecule has 17 heavy (non-hydrogen) atoms. The fourth-order valence-electron chi connectivity index (χ4n) is 1.98. The normalized spacial score (nSPS) is 15.9. The van der Waals surface area contributed by atoms with Gasteiger partial charge in [0.2, 0.25) is 10.0 Å². The molecule has 0 aliphatic heterocycles. The highest BCUT2D eigenvalue weighted by atomic mass is 32.2. The van der Waals surface area contributed by atoms with Crippen LogP contribution in [0.5, 0.6) is 0 Å². The van der Waals surface area contributed by atoms with Crippen LogP contribution in [-0.4, -0.2) is 21.2 Å². The summed E-state index contributed by atoms with van der Waals surface area (Å²) in [6, 6.07) is 6.16. The summed E-state index contributed by atoms with van der Waals surface area (Å²) in [5.74, 6) is 0.781. The van der Waals surface area contributed by atoms with E-state index in [-0.39, 0.29) is 5.75 Å². The van der Waals surface area contributed by atoms with Crippen molar-refractivity contribution in [3.8, 4) is 0 Å². The van der Waals surface area contributed by atoms with Crippen LogP contribution >= 0.6 is 0 Å². The SMILES string of the molecule is CCS(=O)(=O)N(C)c1cc(C2CC2)ccc1C. The lowest BCUT2D eigenvalue weighted by atomic mass is 10.1. The zero-order valence-electron chi connectivity index (χ0n) is 10.6. The summed E-state index contributed by atoms with van der Waals surface area (Å²) < 4.78 is 25.2. The lowest BCUT2D eigenvalue weighted by Crippen LogP contribution is -2.28. The van der Waals surface area contributed by atoms with Crippen LogP contribution in [0.15, 0.2) is 18.2 Å². The highest BCUT2D eigenvalue weighted by Crippen LogP contribution is 2.41. The van der Waals surface area contributed by atoms with Gasteiger partial charge in [-0.3, -0.25) is 4.31 Å². The number of aryl methyl sites for hydroxylation is 1. The maximum Gasteiger partial charge on any atom is 0.234 e. The van der Waals surface area contributed by atoms with Gasteiger partial charge in [-0.05, 0) is 49.8 Å². The molecule has 0 aromatic heterocycles. The van der Waals surface area contributed by atoms with Gasteiger partial charge in [-0.1, -0.05) is 12.1 Å². The molecular formula is C13H19NO2S. The summed E-state index contributed by atoms with van der Waals surface area (Å²) >= 11 is 0. The van der Waals surface area contributed by atoms with Gasteiger partial charge in [0.25, 0.3) is 0 Å². The van der Waals surface area contributed by atoms with Crippen LogP contribution in [0.2, 0.25) is 0 Å². The average Bonchev–Trinajstić information content (AvgIpc) is 3.13. The Morgan fingerprint density at radius 3 is 2.53 bits per heavy atom. The molecule has 0 saturated heterocycles. The zero-order valence-corrected chi connectivity index (χ0v) is 11.4. The van der Waals surface area contributed by atoms with Crippen molar-refractivity contribution in [3.63, 3.8) is 0 Å². The highest BCUT2D eigenvalue weighted by molar-refractivity contribution is 7.92. The third kappa shape index (κ3) is 2.46. The number of rotatable bonds is 4. The molecule has 1 aliphatic carbocycles. The predicted octanol–water partition coefficient (Wildman–Crippen LogP) is 2.66. The van der Waals surface area contributed by atoms with Crippen molar-refractivity contribution in [1.29, 1.82) is 0 Å². The van der Waals surface area contributed by atoms with Crippen molar-refractivity contribution in [2.45, 2.75) is 32.6 Å². The Bertz CT molecular complexity index is 518. The Balaban J connectivity index is 2.39. The fourth-order valence-corrected chi connectivity index (χ4v) is 2.86. The van der Waals surface area contributed by atoms with E-state index in [1.165, 1.54) is 22.7 Å². The summed E-state index contributed by atoms with van der Waals surface area (Å²) in [5, 5.41) is 0. The molecule has 1 saturated carbocycles. The minimum absolute atomic E-state index is 0.136. The van der Waals surface area contributed by atoms with Gasteiger partial charge < -0.3 is 0 Å². The molecule has 94 valence electrons. The van der Waals surface area contributed by atoms with E-state index in [0.717, 1.165) is 11.3 Å². The van der Waals surface area contributed by atoms with Crippen molar-refractivity contribution in [3.05, 3.63) is 29.3 Å². The molecule has 4 heteroatoms. The van der Waals surface area contributed by atoms with Crippen LogP contribution in [0.4, 0.5) is 5.69 Å². The van der Waals surface area contributed by atoms with Crippen LogP contribution < -0.4 is 4.31 Å². The van der Waals surface area contributed by atoms with Crippen molar-refractivity contribution >= 4 is 15.7 Å². The van der Waals surface area contributed by atoms with Gasteiger partial charge in [0.15, 0.2) is 0 Å². The van der Waals surface area contributed by atoms with E-state index in [1.807, 2.05) is 19.1 Å². The number of nitrogens with zero attached hydrogens (tertiary/aromatic N) is 1. The van der Waals surface area contributed by atoms with Gasteiger partial charge in [-0.2, -0.15) is 0 Å². The second kappa shape index (κ2) is 4.33. The van der Waals surface area contributed by atoms with E-state index in [4.69, 9.17) is 0 Å². The van der Waals surface area contributed by atoms with Gasteiger partial charge in [-0.15, -0.1) is 0 Å². The van der Waals surface area contributed by atoms with E-state index in [9.17, 15) is 8.42 Å². The molecule has 0 amide bonds. The first kappa shape index (κ1) is 12.4. The molecule has 0 unspecified atom stereocenters. The van der Waals surface area contributed by atoms with Crippen LogP contribution in [-0.2, 0) is 10.0 Å². The zero-order chi connectivity index (χ0) is 12.6. The average molecular weight is 253 g/mol. The summed E-state index contributed by atoms with van der Waals surface area (Å²) in [6.45, 7) is 3.62. The minimum Gasteiger partial charge on any atom is -0.273 e. The Labute approximate surface area is 104 Å². The molecule has 0 spiro atoms. The van der Waals surface area contributed by atoms with Crippen LogP contribution in [0.25, 0.3) is 0 Å². The first-order valence-electron chi connectivity index (χ1n) is 6.03. The maximum absolute atomic E-state index is 11.9. The summed E-state index contributed by atoms with van der Waals surface area (Å²) in [4.78, 5) is 0. The predicted molar refractivity (Wildman–Crippen MR) is 71.0 cm³/mol. The summed E-state index contributed by atoms with van der Waals surface area (Å²) in [6.07, 6.45) is 2.46. The lowest BCUT2D eigenvalue weighted by Gasteiger charge is -2.21. The molecule has 1 aliphatic rings. The molecule has 1 aromatic rings. The Kier molecular flexibility index (Phi) is 3.17. The van der Waals surface area contributed by atoms with Crippen molar-refractivity contribution in [1.82, 2.24) is 0 Å². The molecular weight excluding hydrogens is 234 g/mol. The molecule has 0 atom stereocenters. The number of anilines is 1. The highest BCUT2D eigenvalue weighted by Gasteiger charge is 2.25. The minimum atomic E-state index is -3.16. The molecule has 3 nitrogen and oxygen atoms in total. The largest absolute Gasteiger partial charge is 0.273 e. The van der Waals surface area contributed by atoms with Crippen LogP contribution in [0.3, 0.4) is 0 Å². The monoisotopic (exact) mass is 253 g/mol. The fraction of sp³-hybridized carbons (Fsp3) is 0.538. The van der Waals surface area contributed by atoms with E-state index in [1.54, 1.807) is 14.0 Å². The Morgan fingerprint density at radius 2 is 2.00 bits per heavy atom. The summed E-state index contributed by atoms with van der Waals surface area (Å²) in [5.41, 5.74) is 3.09. The second-order valence-corrected chi connectivity index (χ2v) is 6.98. The lowest BCUT2D eigenvalue weighted by molar-refractivity contribution is 0.595. The third-order valence-electron chi connectivity index (χ3n) is 3.40. The van der Waals surface area contributed by atoms with Crippen LogP contribution in [0.1, 0.15) is 36.8 Å². The smallest absolute Gasteiger partial charge is 0.234 e. The standard InChI is InChI=1S/C13H19NO2S/c1-4-17(15,16)14(3)13-9-12(11-7-8-11)6-5-10(13)2/h5-6,9,11H,4,7-8H2,1-3H3. The van der Waals surface area contributed by atoms with Crippen molar-refractivity contribution in [2.75, 3.05) is 17.1 Å². The number of hydrogen-bond donors (Lipinski definition) is 0. The van der Waals surface area contributed by atoms with Gasteiger partial charge in [0, 0.05) is 7.05 Å². The number of sulfonamides is 1. The van der Waals surface area contributed by atoms with E-state index >= 15 is 0 Å². The van der Waals surface area contributed by atoms with E-state index in [2.05, 4.69) is 6.07 Å². The summed E-state index contributed by atoms with van der Waals surface area (Å²) in [7, 11) is -1.53. The van der Waals surface area contributed by atoms with Crippen molar-refractivity contribution < 1.29 is 8.42 Å². The van der Waals surface area contributed by atoms with Gasteiger partial charge in [-0.25, -0.2) is 8.42 Å². The van der Waals surface area contributed by atoms with Crippen molar-refractivity contribution in [2.24, 2.45) is 0 Å². The molecule has 0 N–H and O–H groups in total. The Hall–Kier alpha value is -1.03. The molecule has 0 bridgehead atoms. The molecule has 2 rings (SSSR count). The molecule has 0 heterocycles. The van der Waals surface area contributed by atoms with E-state index < -0.39 is 10.0 Å². The topological polar surface area (TPSA) is 37.4 Å². The Morgan fingerprint density at radius 1 is 1.35 bits per heavy atom. The van der Waals surface area contributed by atoms with Gasteiger partial charge >= 0.3 is 0 Å². The first-order chi connectivity index (χ1) is 7.95.